The van der Waals surface area contributed by atoms with Crippen LogP contribution in [0.4, 0.5) is 0 Å². The van der Waals surface area contributed by atoms with E-state index in [0.29, 0.717) is 17.9 Å². The first-order chi connectivity index (χ1) is 11.9. The molecule has 5 nitrogen and oxygen atoms in total. The van der Waals surface area contributed by atoms with Gasteiger partial charge in [-0.3, -0.25) is 9.36 Å². The number of hydrogen-bond acceptors (Lipinski definition) is 5. The summed E-state index contributed by atoms with van der Waals surface area (Å²) in [5.41, 5.74) is 3.67. The molecule has 0 saturated heterocycles. The summed E-state index contributed by atoms with van der Waals surface area (Å²) in [5, 5.41) is 0.946. The molecular weight excluding hydrogens is 334 g/mol. The number of allylic oxidation sites excluding steroid dienone is 1. The van der Waals surface area contributed by atoms with E-state index in [-0.39, 0.29) is 11.2 Å². The number of nitrogens with zero attached hydrogens (tertiary/aromatic N) is 3. The van der Waals surface area contributed by atoms with Crippen LogP contribution in [-0.2, 0) is 24.3 Å². The molecule has 0 bridgehead atoms. The third kappa shape index (κ3) is 2.69. The molecule has 0 saturated carbocycles. The van der Waals surface area contributed by atoms with Gasteiger partial charge in [0.1, 0.15) is 9.53 Å². The largest absolute Gasteiger partial charge is 0.370 e. The Hall–Kier alpha value is -2.05. The zero-order valence-corrected chi connectivity index (χ0v) is 15.6. The van der Waals surface area contributed by atoms with Crippen LogP contribution in [0.5, 0.6) is 0 Å². The average molecular weight is 355 g/mol. The van der Waals surface area contributed by atoms with Gasteiger partial charge in [0, 0.05) is 23.9 Å². The van der Waals surface area contributed by atoms with Crippen molar-refractivity contribution in [3.63, 3.8) is 0 Å². The predicted molar refractivity (Wildman–Crippen MR) is 101 cm³/mol. The van der Waals surface area contributed by atoms with E-state index < -0.39 is 0 Å². The first kappa shape index (κ1) is 16.4. The second-order valence-corrected chi connectivity index (χ2v) is 8.13. The molecule has 130 valence electrons. The fourth-order valence-electron chi connectivity index (χ4n) is 3.24. The van der Waals surface area contributed by atoms with Crippen molar-refractivity contribution in [3.05, 3.63) is 46.2 Å². The molecule has 1 aliphatic heterocycles. The molecule has 0 aliphatic carbocycles. The van der Waals surface area contributed by atoms with Crippen LogP contribution >= 0.6 is 11.3 Å². The molecule has 1 atom stereocenters. The number of ether oxygens (including phenoxy) is 1. The first-order valence-electron chi connectivity index (χ1n) is 8.49. The lowest BCUT2D eigenvalue weighted by Crippen LogP contribution is -2.35. The number of fused-ring (bicyclic) bond motifs is 4. The number of hydrogen-bond donors (Lipinski definition) is 0. The molecule has 4 rings (SSSR count). The Bertz CT molecular complexity index is 1070. The quantitative estimate of drug-likeness (QED) is 0.670. The van der Waals surface area contributed by atoms with Crippen LogP contribution in [0, 0.1) is 0 Å². The first-order valence-corrected chi connectivity index (χ1v) is 9.30. The Morgan fingerprint density at radius 1 is 1.52 bits per heavy atom. The average Bonchev–Trinajstić information content (AvgIpc) is 2.93. The SMILES string of the molecule is C=C(C)Cn1cnc2c(sc3nc4c(cc32)CO[C@](C)(CC)C4)c1=O. The normalized spacial score (nSPS) is 20.1. The van der Waals surface area contributed by atoms with Gasteiger partial charge in [-0.15, -0.1) is 11.3 Å². The van der Waals surface area contributed by atoms with Crippen LogP contribution in [0.15, 0.2) is 29.3 Å². The predicted octanol–water partition coefficient (Wildman–Crippen LogP) is 3.82. The number of thiophene rings is 1. The fourth-order valence-corrected chi connectivity index (χ4v) is 4.32. The second kappa shape index (κ2) is 5.75. The van der Waals surface area contributed by atoms with Gasteiger partial charge in [-0.2, -0.15) is 0 Å². The minimum atomic E-state index is -0.156. The standard InChI is InChI=1S/C19H21N3O2S/c1-5-19(4)7-14-12(9-24-19)6-13-15-16(25-17(13)21-14)18(23)22(10-20-15)8-11(2)3/h6,10H,2,5,7-9H2,1,3-4H3/t19-/m1/s1. The molecule has 0 aromatic carbocycles. The molecular formula is C19H21N3O2S. The molecule has 0 N–H and O–H groups in total. The highest BCUT2D eigenvalue weighted by atomic mass is 32.1. The molecule has 0 spiro atoms. The van der Waals surface area contributed by atoms with Crippen molar-refractivity contribution in [1.82, 2.24) is 14.5 Å². The number of aromatic nitrogens is 3. The summed E-state index contributed by atoms with van der Waals surface area (Å²) in [5.74, 6) is 0. The molecule has 6 heteroatoms. The van der Waals surface area contributed by atoms with Gasteiger partial charge in [0.15, 0.2) is 0 Å². The Morgan fingerprint density at radius 2 is 2.32 bits per heavy atom. The van der Waals surface area contributed by atoms with E-state index in [4.69, 9.17) is 9.72 Å². The molecule has 0 amide bonds. The molecule has 0 unspecified atom stereocenters. The lowest BCUT2D eigenvalue weighted by Gasteiger charge is -2.33. The Labute approximate surface area is 150 Å². The van der Waals surface area contributed by atoms with E-state index in [1.54, 1.807) is 10.9 Å². The lowest BCUT2D eigenvalue weighted by atomic mass is 9.91. The maximum Gasteiger partial charge on any atom is 0.271 e. The van der Waals surface area contributed by atoms with Gasteiger partial charge < -0.3 is 4.74 Å². The topological polar surface area (TPSA) is 57.0 Å². The van der Waals surface area contributed by atoms with Gasteiger partial charge >= 0.3 is 0 Å². The van der Waals surface area contributed by atoms with Crippen LogP contribution in [0.2, 0.25) is 0 Å². The second-order valence-electron chi connectivity index (χ2n) is 7.13. The van der Waals surface area contributed by atoms with E-state index in [1.165, 1.54) is 11.3 Å². The summed E-state index contributed by atoms with van der Waals surface area (Å²) >= 11 is 1.43. The van der Waals surface area contributed by atoms with Gasteiger partial charge in [-0.25, -0.2) is 9.97 Å². The Morgan fingerprint density at radius 3 is 3.04 bits per heavy atom. The van der Waals surface area contributed by atoms with Crippen molar-refractivity contribution in [3.8, 4) is 0 Å². The monoisotopic (exact) mass is 355 g/mol. The van der Waals surface area contributed by atoms with Crippen LogP contribution < -0.4 is 5.56 Å². The maximum atomic E-state index is 12.7. The van der Waals surface area contributed by atoms with Crippen molar-refractivity contribution in [2.75, 3.05) is 0 Å². The van der Waals surface area contributed by atoms with Gasteiger partial charge in [0.2, 0.25) is 0 Å². The van der Waals surface area contributed by atoms with Crippen molar-refractivity contribution in [1.29, 1.82) is 0 Å². The van der Waals surface area contributed by atoms with Crippen LogP contribution in [0.25, 0.3) is 20.4 Å². The molecule has 3 aromatic rings. The van der Waals surface area contributed by atoms with Crippen molar-refractivity contribution < 1.29 is 4.74 Å². The molecule has 4 heterocycles. The van der Waals surface area contributed by atoms with E-state index in [1.807, 2.05) is 6.92 Å². The summed E-state index contributed by atoms with van der Waals surface area (Å²) in [6.45, 7) is 11.1. The molecule has 0 fully saturated rings. The lowest BCUT2D eigenvalue weighted by molar-refractivity contribution is -0.0573. The van der Waals surface area contributed by atoms with Crippen molar-refractivity contribution in [2.24, 2.45) is 0 Å². The van der Waals surface area contributed by atoms with E-state index in [9.17, 15) is 4.79 Å². The Balaban J connectivity index is 1.90. The van der Waals surface area contributed by atoms with Crippen molar-refractivity contribution in [2.45, 2.75) is 52.4 Å². The van der Waals surface area contributed by atoms with E-state index in [0.717, 1.165) is 45.4 Å². The van der Waals surface area contributed by atoms with Crippen molar-refractivity contribution >= 4 is 31.8 Å². The third-order valence-corrected chi connectivity index (χ3v) is 5.99. The summed E-state index contributed by atoms with van der Waals surface area (Å²) in [7, 11) is 0. The minimum Gasteiger partial charge on any atom is -0.370 e. The zero-order chi connectivity index (χ0) is 17.8. The highest BCUT2D eigenvalue weighted by molar-refractivity contribution is 7.25. The van der Waals surface area contributed by atoms with Gasteiger partial charge in [-0.1, -0.05) is 19.1 Å². The summed E-state index contributed by atoms with van der Waals surface area (Å²) in [6.07, 6.45) is 3.36. The summed E-state index contributed by atoms with van der Waals surface area (Å²) < 4.78 is 8.30. The summed E-state index contributed by atoms with van der Waals surface area (Å²) in [6, 6.07) is 2.10. The van der Waals surface area contributed by atoms with Crippen LogP contribution in [0.3, 0.4) is 0 Å². The van der Waals surface area contributed by atoms with Crippen LogP contribution in [-0.4, -0.2) is 20.1 Å². The number of pyridine rings is 1. The molecule has 25 heavy (non-hydrogen) atoms. The smallest absolute Gasteiger partial charge is 0.271 e. The van der Waals surface area contributed by atoms with Gasteiger partial charge in [0.25, 0.3) is 5.56 Å². The molecule has 3 aromatic heterocycles. The highest BCUT2D eigenvalue weighted by Crippen LogP contribution is 2.35. The highest BCUT2D eigenvalue weighted by Gasteiger charge is 2.30. The summed E-state index contributed by atoms with van der Waals surface area (Å²) in [4.78, 5) is 23.0. The minimum absolute atomic E-state index is 0.0244. The number of rotatable bonds is 3. The Kier molecular flexibility index (Phi) is 3.77. The van der Waals surface area contributed by atoms with E-state index in [2.05, 4.69) is 31.5 Å². The zero-order valence-electron chi connectivity index (χ0n) is 14.8. The fraction of sp³-hybridized carbons (Fsp3) is 0.421. The van der Waals surface area contributed by atoms with Gasteiger partial charge in [0.05, 0.1) is 29.7 Å². The van der Waals surface area contributed by atoms with Gasteiger partial charge in [-0.05, 0) is 26.3 Å². The maximum absolute atomic E-state index is 12.7. The van der Waals surface area contributed by atoms with E-state index >= 15 is 0 Å². The van der Waals surface area contributed by atoms with Crippen LogP contribution in [0.1, 0.15) is 38.4 Å². The third-order valence-electron chi connectivity index (χ3n) is 4.91. The molecule has 1 aliphatic rings. The molecule has 0 radical (unpaired) electrons.